The van der Waals surface area contributed by atoms with Crippen molar-refractivity contribution in [2.75, 3.05) is 13.2 Å². The van der Waals surface area contributed by atoms with Crippen molar-refractivity contribution >= 4 is 5.91 Å². The Balaban J connectivity index is 2.40. The topological polar surface area (TPSA) is 49.3 Å². The summed E-state index contributed by atoms with van der Waals surface area (Å²) in [7, 11) is 0. The van der Waals surface area contributed by atoms with Crippen LogP contribution in [-0.2, 0) is 0 Å². The molecule has 2 N–H and O–H groups in total. The van der Waals surface area contributed by atoms with Crippen LogP contribution in [0.5, 0.6) is 0 Å². The highest BCUT2D eigenvalue weighted by Gasteiger charge is 2.01. The fourth-order valence-electron chi connectivity index (χ4n) is 0.871. The summed E-state index contributed by atoms with van der Waals surface area (Å²) in [5.74, 6) is -0.140. The molecule has 0 fully saturated rings. The van der Waals surface area contributed by atoms with Gasteiger partial charge in [-0.15, -0.1) is 0 Å². The van der Waals surface area contributed by atoms with E-state index in [1.165, 1.54) is 0 Å². The van der Waals surface area contributed by atoms with Gasteiger partial charge in [0.1, 0.15) is 0 Å². The second-order valence-corrected chi connectivity index (χ2v) is 2.55. The van der Waals surface area contributed by atoms with E-state index in [1.807, 2.05) is 0 Å². The van der Waals surface area contributed by atoms with Gasteiger partial charge in [0, 0.05) is 18.7 Å². The van der Waals surface area contributed by atoms with Crippen LogP contribution in [0.2, 0.25) is 0 Å². The number of nitrogens with one attached hydrogen (secondary N) is 1. The molecule has 3 heteroatoms. The molecule has 2 radical (unpaired) electrons. The molecule has 1 aromatic carbocycles. The zero-order valence-corrected chi connectivity index (χ0v) is 7.21. The third-order valence-electron chi connectivity index (χ3n) is 1.54. The van der Waals surface area contributed by atoms with Crippen LogP contribution >= 0.6 is 0 Å². The van der Waals surface area contributed by atoms with Crippen LogP contribution in [0.1, 0.15) is 16.8 Å². The summed E-state index contributed by atoms with van der Waals surface area (Å²) in [5, 5.41) is 11.2. The fraction of sp³-hybridized carbons (Fsp3) is 0.300. The van der Waals surface area contributed by atoms with E-state index < -0.39 is 0 Å². The lowest BCUT2D eigenvalue weighted by atomic mass is 10.2. The molecule has 0 spiro atoms. The molecule has 0 aliphatic rings. The standard InChI is InChI=1S/C10H11NO2/c12-8-4-7-11-10(13)9-5-2-1-3-6-9/h2,5-6,12H,4,7-8H2,(H,11,13). The Morgan fingerprint density at radius 1 is 1.54 bits per heavy atom. The second-order valence-electron chi connectivity index (χ2n) is 2.55. The molecule has 0 aromatic heterocycles. The molecule has 0 saturated heterocycles. The van der Waals surface area contributed by atoms with E-state index in [0.717, 1.165) is 0 Å². The van der Waals surface area contributed by atoms with Crippen molar-refractivity contribution in [3.05, 3.63) is 35.9 Å². The minimum Gasteiger partial charge on any atom is -0.396 e. The molecule has 1 rings (SSSR count). The monoisotopic (exact) mass is 177 g/mol. The average molecular weight is 177 g/mol. The van der Waals surface area contributed by atoms with Crippen LogP contribution < -0.4 is 5.32 Å². The first-order valence-corrected chi connectivity index (χ1v) is 4.11. The van der Waals surface area contributed by atoms with Crippen LogP contribution in [0.15, 0.2) is 18.2 Å². The highest BCUT2D eigenvalue weighted by Crippen LogP contribution is 1.96. The molecule has 0 unspecified atom stereocenters. The van der Waals surface area contributed by atoms with Crippen molar-refractivity contribution in [3.8, 4) is 0 Å². The predicted molar refractivity (Wildman–Crippen MR) is 48.2 cm³/mol. The third-order valence-corrected chi connectivity index (χ3v) is 1.54. The molecule has 0 aliphatic heterocycles. The Labute approximate surface area is 77.4 Å². The Hall–Kier alpha value is -1.35. The lowest BCUT2D eigenvalue weighted by Gasteiger charge is -2.02. The van der Waals surface area contributed by atoms with Crippen LogP contribution in [0.25, 0.3) is 0 Å². The van der Waals surface area contributed by atoms with E-state index >= 15 is 0 Å². The minimum atomic E-state index is -0.140. The Bertz CT molecular complexity index is 259. The van der Waals surface area contributed by atoms with E-state index in [4.69, 9.17) is 5.11 Å². The van der Waals surface area contributed by atoms with Crippen LogP contribution in [0, 0.1) is 12.1 Å². The van der Waals surface area contributed by atoms with E-state index in [2.05, 4.69) is 17.4 Å². The number of rotatable bonds is 4. The molecule has 1 aromatic rings. The van der Waals surface area contributed by atoms with Gasteiger partial charge in [-0.3, -0.25) is 4.79 Å². The van der Waals surface area contributed by atoms with Crippen molar-refractivity contribution in [2.24, 2.45) is 0 Å². The number of aliphatic hydroxyl groups excluding tert-OH is 1. The Morgan fingerprint density at radius 3 is 3.00 bits per heavy atom. The fourth-order valence-corrected chi connectivity index (χ4v) is 0.871. The molecule has 0 atom stereocenters. The number of aliphatic hydroxyl groups is 1. The molecule has 0 bridgehead atoms. The zero-order chi connectivity index (χ0) is 9.52. The highest BCUT2D eigenvalue weighted by atomic mass is 16.3. The molecular formula is C10H11NO2. The summed E-state index contributed by atoms with van der Waals surface area (Å²) >= 11 is 0. The average Bonchev–Trinajstić information content (AvgIpc) is 2.19. The summed E-state index contributed by atoms with van der Waals surface area (Å²) < 4.78 is 0. The van der Waals surface area contributed by atoms with Gasteiger partial charge >= 0.3 is 0 Å². The van der Waals surface area contributed by atoms with Crippen molar-refractivity contribution in [2.45, 2.75) is 6.42 Å². The molecule has 0 aliphatic carbocycles. The highest BCUT2D eigenvalue weighted by molar-refractivity contribution is 5.93. The summed E-state index contributed by atoms with van der Waals surface area (Å²) in [6.45, 7) is 0.586. The number of hydrogen-bond donors (Lipinski definition) is 2. The second kappa shape index (κ2) is 5.32. The molecule has 1 amide bonds. The van der Waals surface area contributed by atoms with Gasteiger partial charge in [0.25, 0.3) is 5.91 Å². The third kappa shape index (κ3) is 3.25. The summed E-state index contributed by atoms with van der Waals surface area (Å²) in [6, 6.07) is 10.3. The number of carbonyl (C=O) groups is 1. The lowest BCUT2D eigenvalue weighted by molar-refractivity contribution is 0.0951. The quantitative estimate of drug-likeness (QED) is 0.654. The van der Waals surface area contributed by atoms with Gasteiger partial charge in [0.2, 0.25) is 0 Å². The normalized spacial score (nSPS) is 9.62. The Morgan fingerprint density at radius 2 is 2.38 bits per heavy atom. The van der Waals surface area contributed by atoms with Crippen LogP contribution in [0.3, 0.4) is 0 Å². The van der Waals surface area contributed by atoms with E-state index in [1.54, 1.807) is 18.2 Å². The predicted octanol–water partition coefficient (Wildman–Crippen LogP) is 0.399. The van der Waals surface area contributed by atoms with Crippen LogP contribution in [0.4, 0.5) is 0 Å². The maximum Gasteiger partial charge on any atom is 0.251 e. The van der Waals surface area contributed by atoms with Gasteiger partial charge in [0.05, 0.1) is 0 Å². The van der Waals surface area contributed by atoms with Crippen molar-refractivity contribution in [1.82, 2.24) is 5.32 Å². The number of amides is 1. The van der Waals surface area contributed by atoms with Gasteiger partial charge < -0.3 is 10.4 Å². The van der Waals surface area contributed by atoms with Crippen molar-refractivity contribution in [3.63, 3.8) is 0 Å². The first-order valence-electron chi connectivity index (χ1n) is 4.11. The van der Waals surface area contributed by atoms with E-state index in [0.29, 0.717) is 18.5 Å². The number of benzene rings is 1. The molecule has 0 heterocycles. The summed E-state index contributed by atoms with van der Waals surface area (Å²) in [4.78, 5) is 11.3. The molecule has 0 saturated carbocycles. The lowest BCUT2D eigenvalue weighted by Crippen LogP contribution is -2.24. The minimum absolute atomic E-state index is 0.0922. The summed E-state index contributed by atoms with van der Waals surface area (Å²) in [6.07, 6.45) is 0.578. The van der Waals surface area contributed by atoms with E-state index in [-0.39, 0.29) is 12.5 Å². The van der Waals surface area contributed by atoms with Gasteiger partial charge in [0.15, 0.2) is 0 Å². The van der Waals surface area contributed by atoms with Crippen LogP contribution in [-0.4, -0.2) is 24.2 Å². The molecule has 3 nitrogen and oxygen atoms in total. The first kappa shape index (κ1) is 9.74. The van der Waals surface area contributed by atoms with Gasteiger partial charge in [-0.25, -0.2) is 0 Å². The smallest absolute Gasteiger partial charge is 0.251 e. The van der Waals surface area contributed by atoms with Crippen molar-refractivity contribution in [1.29, 1.82) is 0 Å². The largest absolute Gasteiger partial charge is 0.396 e. The van der Waals surface area contributed by atoms with E-state index in [9.17, 15) is 4.79 Å². The van der Waals surface area contributed by atoms with Gasteiger partial charge in [-0.1, -0.05) is 6.07 Å². The molecule has 13 heavy (non-hydrogen) atoms. The maximum atomic E-state index is 11.3. The van der Waals surface area contributed by atoms with Gasteiger partial charge in [-0.05, 0) is 30.7 Å². The van der Waals surface area contributed by atoms with Gasteiger partial charge in [-0.2, -0.15) is 0 Å². The maximum absolute atomic E-state index is 11.3. The SMILES string of the molecule is O=C(NCCCO)c1c[c][c]cc1. The zero-order valence-electron chi connectivity index (χ0n) is 7.21. The number of carbonyl (C=O) groups excluding carboxylic acids is 1. The molecule has 68 valence electrons. The first-order chi connectivity index (χ1) is 6.34. The Kier molecular flexibility index (Phi) is 3.99. The van der Waals surface area contributed by atoms with Crippen molar-refractivity contribution < 1.29 is 9.90 Å². The molecular weight excluding hydrogens is 166 g/mol. The summed E-state index contributed by atoms with van der Waals surface area (Å²) in [5.41, 5.74) is 0.566. The number of hydrogen-bond acceptors (Lipinski definition) is 2.